The molecule has 0 saturated heterocycles. The van der Waals surface area contributed by atoms with E-state index in [1.54, 1.807) is 41.5 Å². The smallest absolute Gasteiger partial charge is 0.344 e. The molecule has 0 aromatic rings. The summed E-state index contributed by atoms with van der Waals surface area (Å²) in [6.07, 6.45) is 3.90. The molecule has 0 N–H and O–H groups in total. The van der Waals surface area contributed by atoms with Crippen molar-refractivity contribution >= 4 is 23.9 Å². The van der Waals surface area contributed by atoms with E-state index in [4.69, 9.17) is 18.9 Å². The van der Waals surface area contributed by atoms with Gasteiger partial charge in [-0.05, 0) is 91.9 Å². The third kappa shape index (κ3) is 5.62. The lowest BCUT2D eigenvalue weighted by atomic mass is 9.44. The lowest BCUT2D eigenvalue weighted by molar-refractivity contribution is -0.198. The van der Waals surface area contributed by atoms with E-state index in [9.17, 15) is 19.2 Å². The first-order valence-electron chi connectivity index (χ1n) is 11.4. The first kappa shape index (κ1) is 24.5. The molecule has 4 saturated carbocycles. The summed E-state index contributed by atoms with van der Waals surface area (Å²) in [6.45, 7) is 9.61. The average molecular weight is 453 g/mol. The highest BCUT2D eigenvalue weighted by atomic mass is 16.6. The Morgan fingerprint density at radius 2 is 1.03 bits per heavy atom. The van der Waals surface area contributed by atoms with Crippen LogP contribution in [0.4, 0.5) is 0 Å². The van der Waals surface area contributed by atoms with E-state index in [-0.39, 0.29) is 11.8 Å². The van der Waals surface area contributed by atoms with Gasteiger partial charge in [0, 0.05) is 0 Å². The second kappa shape index (κ2) is 8.34. The van der Waals surface area contributed by atoms with E-state index < -0.39 is 59.1 Å². The summed E-state index contributed by atoms with van der Waals surface area (Å²) in [5, 5.41) is 0. The van der Waals surface area contributed by atoms with Crippen LogP contribution < -0.4 is 0 Å². The van der Waals surface area contributed by atoms with Gasteiger partial charge in [0.05, 0.1) is 10.8 Å². The van der Waals surface area contributed by atoms with Gasteiger partial charge in [-0.25, -0.2) is 9.59 Å². The van der Waals surface area contributed by atoms with Crippen LogP contribution in [-0.4, -0.2) is 48.3 Å². The molecule has 0 aromatic carbocycles. The van der Waals surface area contributed by atoms with Crippen molar-refractivity contribution in [1.82, 2.24) is 0 Å². The van der Waals surface area contributed by atoms with Gasteiger partial charge in [0.1, 0.15) is 11.2 Å². The van der Waals surface area contributed by atoms with Crippen molar-refractivity contribution in [3.63, 3.8) is 0 Å². The number of ether oxygens (including phenoxy) is 4. The molecule has 8 heteroatoms. The SMILES string of the molecule is CC(C)(C)OC(=O)COC(=O)C12CC3CC(C1)CC(C(=O)OCC(=O)OC(C)(C)C)(C3)C2. The van der Waals surface area contributed by atoms with Crippen LogP contribution in [-0.2, 0) is 38.1 Å². The maximum atomic E-state index is 13.1. The van der Waals surface area contributed by atoms with Crippen LogP contribution in [0.5, 0.6) is 0 Å². The van der Waals surface area contributed by atoms with Crippen molar-refractivity contribution in [2.45, 2.75) is 91.3 Å². The maximum absolute atomic E-state index is 13.1. The Bertz CT molecular complexity index is 709. The van der Waals surface area contributed by atoms with Gasteiger partial charge in [0.25, 0.3) is 0 Å². The van der Waals surface area contributed by atoms with E-state index >= 15 is 0 Å². The molecule has 4 bridgehead atoms. The van der Waals surface area contributed by atoms with E-state index in [1.807, 2.05) is 0 Å². The van der Waals surface area contributed by atoms with Gasteiger partial charge >= 0.3 is 23.9 Å². The largest absolute Gasteiger partial charge is 0.457 e. The molecule has 4 aliphatic carbocycles. The minimum Gasteiger partial charge on any atom is -0.457 e. The predicted molar refractivity (Wildman–Crippen MR) is 113 cm³/mol. The summed E-state index contributed by atoms with van der Waals surface area (Å²) in [6, 6.07) is 0. The van der Waals surface area contributed by atoms with Crippen molar-refractivity contribution in [2.75, 3.05) is 13.2 Å². The Kier molecular flexibility index (Phi) is 6.39. The molecule has 0 aliphatic heterocycles. The highest BCUT2D eigenvalue weighted by molar-refractivity contribution is 5.85. The zero-order valence-corrected chi connectivity index (χ0v) is 20.1. The lowest BCUT2D eigenvalue weighted by Gasteiger charge is -2.59. The van der Waals surface area contributed by atoms with Crippen molar-refractivity contribution in [3.05, 3.63) is 0 Å². The second-order valence-electron chi connectivity index (χ2n) is 11.8. The monoisotopic (exact) mass is 452 g/mol. The standard InChI is InChI=1S/C24H36O8/c1-21(2,3)31-17(25)12-29-19(27)23-8-15-7-16(9-23)11-24(10-15,14-23)20(28)30-13-18(26)32-22(4,5)6/h15-16H,7-14H2,1-6H3. The molecular formula is C24H36O8. The van der Waals surface area contributed by atoms with Gasteiger partial charge in [-0.15, -0.1) is 0 Å². The zero-order valence-electron chi connectivity index (χ0n) is 20.1. The Morgan fingerprint density at radius 1 is 0.688 bits per heavy atom. The summed E-state index contributed by atoms with van der Waals surface area (Å²) in [7, 11) is 0. The van der Waals surface area contributed by atoms with Crippen molar-refractivity contribution in [2.24, 2.45) is 22.7 Å². The maximum Gasteiger partial charge on any atom is 0.344 e. The normalized spacial score (nSPS) is 31.1. The molecule has 0 aromatic heterocycles. The Hall–Kier alpha value is -2.12. The summed E-state index contributed by atoms with van der Waals surface area (Å²) in [4.78, 5) is 50.2. The first-order valence-corrected chi connectivity index (χ1v) is 11.4. The third-order valence-corrected chi connectivity index (χ3v) is 6.41. The molecule has 4 rings (SSSR count). The van der Waals surface area contributed by atoms with E-state index in [0.29, 0.717) is 32.1 Å². The van der Waals surface area contributed by atoms with E-state index in [0.717, 1.165) is 6.42 Å². The van der Waals surface area contributed by atoms with Crippen LogP contribution in [0.1, 0.15) is 80.1 Å². The summed E-state index contributed by atoms with van der Waals surface area (Å²) in [5.41, 5.74) is -2.91. The molecular weight excluding hydrogens is 416 g/mol. The molecule has 0 spiro atoms. The number of hydrogen-bond donors (Lipinski definition) is 0. The molecule has 0 radical (unpaired) electrons. The fourth-order valence-electron chi connectivity index (χ4n) is 6.04. The van der Waals surface area contributed by atoms with Crippen molar-refractivity contribution < 1.29 is 38.1 Å². The molecule has 180 valence electrons. The molecule has 4 fully saturated rings. The van der Waals surface area contributed by atoms with Crippen LogP contribution in [0.2, 0.25) is 0 Å². The lowest BCUT2D eigenvalue weighted by Crippen LogP contribution is -2.58. The van der Waals surface area contributed by atoms with Gasteiger partial charge in [-0.1, -0.05) is 0 Å². The van der Waals surface area contributed by atoms with E-state index in [1.165, 1.54) is 0 Å². The number of carbonyl (C=O) groups is 4. The number of esters is 4. The zero-order chi connectivity index (χ0) is 23.9. The number of carbonyl (C=O) groups excluding carboxylic acids is 4. The average Bonchev–Trinajstić information content (AvgIpc) is 2.60. The Balaban J connectivity index is 1.65. The number of rotatable bonds is 6. The molecule has 0 amide bonds. The Labute approximate surface area is 189 Å². The number of hydrogen-bond acceptors (Lipinski definition) is 8. The summed E-state index contributed by atoms with van der Waals surface area (Å²) >= 11 is 0. The molecule has 4 aliphatic rings. The second-order valence-corrected chi connectivity index (χ2v) is 11.8. The van der Waals surface area contributed by atoms with Crippen LogP contribution in [0.15, 0.2) is 0 Å². The molecule has 32 heavy (non-hydrogen) atoms. The highest BCUT2D eigenvalue weighted by Gasteiger charge is 2.64. The van der Waals surface area contributed by atoms with Crippen LogP contribution in [0.25, 0.3) is 0 Å². The van der Waals surface area contributed by atoms with Crippen LogP contribution >= 0.6 is 0 Å². The fourth-order valence-corrected chi connectivity index (χ4v) is 6.04. The summed E-state index contributed by atoms with van der Waals surface area (Å²) in [5.74, 6) is -1.63. The van der Waals surface area contributed by atoms with E-state index in [2.05, 4.69) is 0 Å². The quantitative estimate of drug-likeness (QED) is 0.446. The van der Waals surface area contributed by atoms with Gasteiger partial charge in [-0.3, -0.25) is 9.59 Å². The van der Waals surface area contributed by atoms with Gasteiger partial charge in [0.15, 0.2) is 13.2 Å². The van der Waals surface area contributed by atoms with Crippen LogP contribution in [0, 0.1) is 22.7 Å². The topological polar surface area (TPSA) is 105 Å². The molecule has 0 atom stereocenters. The minimum atomic E-state index is -0.795. The minimum absolute atomic E-state index is 0.222. The van der Waals surface area contributed by atoms with Gasteiger partial charge in [-0.2, -0.15) is 0 Å². The molecule has 8 nitrogen and oxygen atoms in total. The van der Waals surface area contributed by atoms with Gasteiger partial charge in [0.2, 0.25) is 0 Å². The molecule has 0 unspecified atom stereocenters. The van der Waals surface area contributed by atoms with Crippen LogP contribution in [0.3, 0.4) is 0 Å². The molecule has 0 heterocycles. The van der Waals surface area contributed by atoms with Crippen molar-refractivity contribution in [3.8, 4) is 0 Å². The summed E-state index contributed by atoms with van der Waals surface area (Å²) < 4.78 is 21.2. The highest BCUT2D eigenvalue weighted by Crippen LogP contribution is 2.66. The fraction of sp³-hybridized carbons (Fsp3) is 0.833. The Morgan fingerprint density at radius 3 is 1.34 bits per heavy atom. The first-order chi connectivity index (χ1) is 14.6. The van der Waals surface area contributed by atoms with Gasteiger partial charge < -0.3 is 18.9 Å². The predicted octanol–water partition coefficient (Wildman–Crippen LogP) is 3.34. The van der Waals surface area contributed by atoms with Crippen molar-refractivity contribution in [1.29, 1.82) is 0 Å². The third-order valence-electron chi connectivity index (χ3n) is 6.41.